The Kier molecular flexibility index (Phi) is 8.46. The maximum atomic E-state index is 12.1. The maximum absolute atomic E-state index is 12.1. The zero-order valence-electron chi connectivity index (χ0n) is 14.8. The number of aryl methyl sites for hydroxylation is 2. The van der Waals surface area contributed by atoms with Crippen LogP contribution >= 0.6 is 0 Å². The highest BCUT2D eigenvalue weighted by Gasteiger charge is 2.39. The summed E-state index contributed by atoms with van der Waals surface area (Å²) in [6.07, 6.45) is 0.733. The van der Waals surface area contributed by atoms with Crippen LogP contribution in [0, 0.1) is 13.8 Å². The molecule has 7 nitrogen and oxygen atoms in total. The normalized spacial score (nSPS) is 11.7. The number of amides is 1. The second-order valence-corrected chi connectivity index (χ2v) is 7.89. The molecule has 1 aromatic heterocycles. The smallest absolute Gasteiger partial charge is 0.374 e. The monoisotopic (exact) mass is 343 g/mol. The van der Waals surface area contributed by atoms with Gasteiger partial charge < -0.3 is 18.6 Å². The summed E-state index contributed by atoms with van der Waals surface area (Å²) in [6, 6.07) is 2.34. The van der Waals surface area contributed by atoms with Crippen molar-refractivity contribution in [3.8, 4) is 0 Å². The molecule has 132 valence electrons. The average Bonchev–Trinajstić information content (AvgIpc) is 2.83. The Bertz CT molecular complexity index is 476. The van der Waals surface area contributed by atoms with Crippen molar-refractivity contribution in [1.82, 2.24) is 15.1 Å². The number of carbonyl (C=O) groups excluding carboxylic acids is 1. The molecule has 0 unspecified atom stereocenters. The van der Waals surface area contributed by atoms with E-state index in [2.05, 4.69) is 10.4 Å². The minimum absolute atomic E-state index is 0.216. The molecule has 0 aliphatic rings. The molecule has 0 aliphatic heterocycles. The van der Waals surface area contributed by atoms with E-state index in [0.29, 0.717) is 32.4 Å². The van der Waals surface area contributed by atoms with Crippen LogP contribution in [-0.4, -0.2) is 51.0 Å². The molecule has 0 fully saturated rings. The van der Waals surface area contributed by atoms with Gasteiger partial charge in [0.2, 0.25) is 0 Å². The third kappa shape index (κ3) is 6.06. The third-order valence-corrected chi connectivity index (χ3v) is 6.38. The molecule has 1 heterocycles. The molecule has 0 atom stereocenters. The highest BCUT2D eigenvalue weighted by molar-refractivity contribution is 6.60. The van der Waals surface area contributed by atoms with Crippen molar-refractivity contribution < 1.29 is 18.1 Å². The predicted molar refractivity (Wildman–Crippen MR) is 90.6 cm³/mol. The Labute approximate surface area is 139 Å². The molecular weight excluding hydrogens is 314 g/mol. The lowest BCUT2D eigenvalue weighted by Gasteiger charge is -2.28. The fourth-order valence-corrected chi connectivity index (χ4v) is 5.02. The first kappa shape index (κ1) is 19.8. The van der Waals surface area contributed by atoms with Crippen LogP contribution in [0.4, 0.5) is 4.79 Å². The fourth-order valence-electron chi connectivity index (χ4n) is 2.41. The fraction of sp³-hybridized carbons (Fsp3) is 0.733. The minimum atomic E-state index is -2.63. The van der Waals surface area contributed by atoms with E-state index < -0.39 is 8.80 Å². The average molecular weight is 344 g/mol. The second kappa shape index (κ2) is 9.81. The van der Waals surface area contributed by atoms with Gasteiger partial charge in [-0.2, -0.15) is 9.78 Å². The number of nitrogens with one attached hydrogen (secondary N) is 1. The summed E-state index contributed by atoms with van der Waals surface area (Å²) < 4.78 is 18.7. The van der Waals surface area contributed by atoms with Gasteiger partial charge in [-0.1, -0.05) is 0 Å². The molecule has 23 heavy (non-hydrogen) atoms. The van der Waals surface area contributed by atoms with E-state index >= 15 is 0 Å². The highest BCUT2D eigenvalue weighted by Crippen LogP contribution is 2.17. The van der Waals surface area contributed by atoms with Gasteiger partial charge in [-0.05, 0) is 47.1 Å². The van der Waals surface area contributed by atoms with Gasteiger partial charge in [0.15, 0.2) is 0 Å². The molecule has 0 spiro atoms. The zero-order valence-corrected chi connectivity index (χ0v) is 15.8. The van der Waals surface area contributed by atoms with Gasteiger partial charge in [-0.3, -0.25) is 0 Å². The SMILES string of the molecule is CCO[Si](CCCNC(=O)n1nc(C)cc1C)(OCC)OCC. The molecule has 1 aromatic rings. The quantitative estimate of drug-likeness (QED) is 0.522. The second-order valence-electron chi connectivity index (χ2n) is 5.16. The van der Waals surface area contributed by atoms with E-state index in [-0.39, 0.29) is 6.03 Å². The van der Waals surface area contributed by atoms with Crippen LogP contribution in [0.2, 0.25) is 6.04 Å². The van der Waals surface area contributed by atoms with E-state index in [4.69, 9.17) is 13.3 Å². The van der Waals surface area contributed by atoms with Crippen molar-refractivity contribution in [2.75, 3.05) is 26.4 Å². The first-order valence-electron chi connectivity index (χ1n) is 8.21. The number of nitrogens with zero attached hydrogens (tertiary/aromatic N) is 2. The van der Waals surface area contributed by atoms with E-state index in [1.807, 2.05) is 40.7 Å². The lowest BCUT2D eigenvalue weighted by molar-refractivity contribution is 0.0708. The molecule has 0 aromatic carbocycles. The summed E-state index contributed by atoms with van der Waals surface area (Å²) in [6.45, 7) is 11.7. The van der Waals surface area contributed by atoms with Gasteiger partial charge in [0.05, 0.1) is 5.69 Å². The van der Waals surface area contributed by atoms with Gasteiger partial charge in [0.25, 0.3) is 0 Å². The van der Waals surface area contributed by atoms with Crippen LogP contribution in [0.5, 0.6) is 0 Å². The first-order valence-corrected chi connectivity index (χ1v) is 10.1. The van der Waals surface area contributed by atoms with Gasteiger partial charge in [-0.25, -0.2) is 4.79 Å². The number of carbonyl (C=O) groups is 1. The van der Waals surface area contributed by atoms with Crippen LogP contribution < -0.4 is 5.32 Å². The topological polar surface area (TPSA) is 74.6 Å². The Morgan fingerprint density at radius 2 is 1.74 bits per heavy atom. The number of rotatable bonds is 10. The van der Waals surface area contributed by atoms with Crippen molar-refractivity contribution in [2.24, 2.45) is 0 Å². The van der Waals surface area contributed by atoms with E-state index in [1.165, 1.54) is 4.68 Å². The minimum Gasteiger partial charge on any atom is -0.374 e. The molecule has 0 aliphatic carbocycles. The van der Waals surface area contributed by atoms with Crippen LogP contribution in [0.1, 0.15) is 38.6 Å². The molecule has 1 rings (SSSR count). The molecular formula is C15H29N3O4Si. The lowest BCUT2D eigenvalue weighted by Crippen LogP contribution is -2.46. The molecule has 0 radical (unpaired) electrons. The largest absolute Gasteiger partial charge is 0.500 e. The Morgan fingerprint density at radius 3 is 2.17 bits per heavy atom. The molecule has 0 bridgehead atoms. The molecule has 8 heteroatoms. The first-order chi connectivity index (χ1) is 11.0. The molecule has 0 saturated carbocycles. The highest BCUT2D eigenvalue weighted by atomic mass is 28.4. The van der Waals surface area contributed by atoms with Crippen LogP contribution in [-0.2, 0) is 13.3 Å². The van der Waals surface area contributed by atoms with Crippen molar-refractivity contribution in [1.29, 1.82) is 0 Å². The van der Waals surface area contributed by atoms with E-state index in [0.717, 1.165) is 17.8 Å². The standard InChI is InChI=1S/C15H29N3O4Si/c1-6-20-23(21-7-2,22-8-3)11-9-10-16-15(19)18-14(5)12-13(4)17-18/h12H,6-11H2,1-5H3,(H,16,19). The number of hydrogen-bond donors (Lipinski definition) is 1. The summed E-state index contributed by atoms with van der Waals surface area (Å²) in [5.41, 5.74) is 1.65. The van der Waals surface area contributed by atoms with Crippen molar-refractivity contribution in [2.45, 2.75) is 47.1 Å². The van der Waals surface area contributed by atoms with Gasteiger partial charge in [0.1, 0.15) is 0 Å². The Balaban J connectivity index is 2.49. The zero-order chi connectivity index (χ0) is 17.3. The Hall–Kier alpha value is -1.22. The van der Waals surface area contributed by atoms with Crippen molar-refractivity contribution in [3.05, 3.63) is 17.5 Å². The van der Waals surface area contributed by atoms with Crippen LogP contribution in [0.25, 0.3) is 0 Å². The van der Waals surface area contributed by atoms with E-state index in [1.54, 1.807) is 0 Å². The number of hydrogen-bond acceptors (Lipinski definition) is 5. The van der Waals surface area contributed by atoms with Crippen LogP contribution in [0.3, 0.4) is 0 Å². The summed E-state index contributed by atoms with van der Waals surface area (Å²) >= 11 is 0. The van der Waals surface area contributed by atoms with Crippen molar-refractivity contribution >= 4 is 14.8 Å². The summed E-state index contributed by atoms with van der Waals surface area (Å²) in [5, 5.41) is 7.03. The Morgan fingerprint density at radius 1 is 1.17 bits per heavy atom. The molecule has 1 N–H and O–H groups in total. The summed E-state index contributed by atoms with van der Waals surface area (Å²) in [7, 11) is -2.63. The lowest BCUT2D eigenvalue weighted by atomic mass is 10.4. The molecule has 0 saturated heterocycles. The van der Waals surface area contributed by atoms with Crippen LogP contribution in [0.15, 0.2) is 6.07 Å². The summed E-state index contributed by atoms with van der Waals surface area (Å²) in [5.74, 6) is 0. The van der Waals surface area contributed by atoms with Crippen molar-refractivity contribution in [3.63, 3.8) is 0 Å². The van der Waals surface area contributed by atoms with E-state index in [9.17, 15) is 4.79 Å². The predicted octanol–water partition coefficient (Wildman–Crippen LogP) is 2.50. The third-order valence-electron chi connectivity index (χ3n) is 3.23. The summed E-state index contributed by atoms with van der Waals surface area (Å²) in [4.78, 5) is 12.1. The maximum Gasteiger partial charge on any atom is 0.500 e. The van der Waals surface area contributed by atoms with Gasteiger partial charge in [-0.15, -0.1) is 0 Å². The number of aromatic nitrogens is 2. The van der Waals surface area contributed by atoms with Gasteiger partial charge in [0, 0.05) is 38.1 Å². The van der Waals surface area contributed by atoms with Gasteiger partial charge >= 0.3 is 14.8 Å². The molecule has 1 amide bonds.